The summed E-state index contributed by atoms with van der Waals surface area (Å²) < 4.78 is 4.88. The third-order valence-corrected chi connectivity index (χ3v) is 3.23. The van der Waals surface area contributed by atoms with Crippen LogP contribution in [0.4, 0.5) is 11.4 Å². The highest BCUT2D eigenvalue weighted by atomic mass is 35.5. The first-order chi connectivity index (χ1) is 11.0. The number of nitrogens with one attached hydrogen (secondary N) is 2. The summed E-state index contributed by atoms with van der Waals surface area (Å²) in [5, 5.41) is 5.50. The smallest absolute Gasteiger partial charge is 0.258 e. The molecule has 0 unspecified atom stereocenters. The zero-order chi connectivity index (χ0) is 16.8. The van der Waals surface area contributed by atoms with Gasteiger partial charge >= 0.3 is 0 Å². The number of carbonyl (C=O) groups is 2. The van der Waals surface area contributed by atoms with E-state index in [0.717, 1.165) is 0 Å². The molecule has 6 nitrogen and oxygen atoms in total. The van der Waals surface area contributed by atoms with Crippen molar-refractivity contribution in [3.8, 4) is 0 Å². The molecule has 0 saturated heterocycles. The molecular weight excluding hydrogens is 330 g/mol. The quantitative estimate of drug-likeness (QED) is 0.744. The predicted octanol–water partition coefficient (Wildman–Crippen LogP) is 3.27. The van der Waals surface area contributed by atoms with Gasteiger partial charge < -0.3 is 20.8 Å². The monoisotopic (exact) mass is 351 g/mol. The Hall–Kier alpha value is -2.31. The molecule has 1 aromatic carbocycles. The van der Waals surface area contributed by atoms with Gasteiger partial charge in [0.15, 0.2) is 0 Å². The number of halogens is 1. The molecule has 0 fully saturated rings. The minimum Gasteiger partial charge on any atom is -0.472 e. The minimum atomic E-state index is -0.556. The summed E-state index contributed by atoms with van der Waals surface area (Å²) in [6, 6.07) is 7.92. The van der Waals surface area contributed by atoms with Crippen LogP contribution in [0.5, 0.6) is 0 Å². The van der Waals surface area contributed by atoms with Gasteiger partial charge in [0, 0.05) is 11.4 Å². The molecule has 0 bridgehead atoms. The van der Waals surface area contributed by atoms with E-state index < -0.39 is 6.04 Å². The van der Waals surface area contributed by atoms with Gasteiger partial charge in [-0.1, -0.05) is 19.9 Å². The molecular formula is C17H22ClN3O3. The zero-order valence-corrected chi connectivity index (χ0v) is 14.4. The highest BCUT2D eigenvalue weighted by Crippen LogP contribution is 2.17. The van der Waals surface area contributed by atoms with E-state index in [0.29, 0.717) is 29.3 Å². The molecule has 24 heavy (non-hydrogen) atoms. The summed E-state index contributed by atoms with van der Waals surface area (Å²) >= 11 is 0. The Morgan fingerprint density at radius 1 is 1.17 bits per heavy atom. The number of rotatable bonds is 6. The van der Waals surface area contributed by atoms with Crippen LogP contribution in [0.15, 0.2) is 47.3 Å². The van der Waals surface area contributed by atoms with Gasteiger partial charge in [0.1, 0.15) is 6.26 Å². The maximum atomic E-state index is 12.0. The van der Waals surface area contributed by atoms with E-state index in [4.69, 9.17) is 10.2 Å². The average Bonchev–Trinajstić information content (AvgIpc) is 3.01. The molecule has 1 atom stereocenters. The fourth-order valence-electron chi connectivity index (χ4n) is 2.12. The second kappa shape index (κ2) is 9.10. The van der Waals surface area contributed by atoms with Gasteiger partial charge in [0.05, 0.1) is 17.9 Å². The number of hydrogen-bond acceptors (Lipinski definition) is 4. The van der Waals surface area contributed by atoms with Crippen molar-refractivity contribution in [2.75, 3.05) is 10.6 Å². The van der Waals surface area contributed by atoms with Crippen molar-refractivity contribution in [3.05, 3.63) is 48.4 Å². The van der Waals surface area contributed by atoms with Crippen molar-refractivity contribution < 1.29 is 14.0 Å². The topological polar surface area (TPSA) is 97.4 Å². The maximum absolute atomic E-state index is 12.0. The molecule has 2 rings (SSSR count). The molecule has 1 aromatic heterocycles. The number of carbonyl (C=O) groups excluding carboxylic acids is 2. The van der Waals surface area contributed by atoms with Gasteiger partial charge in [-0.15, -0.1) is 12.4 Å². The van der Waals surface area contributed by atoms with Crippen LogP contribution < -0.4 is 16.4 Å². The first-order valence-corrected chi connectivity index (χ1v) is 7.45. The van der Waals surface area contributed by atoms with Gasteiger partial charge in [-0.3, -0.25) is 9.59 Å². The van der Waals surface area contributed by atoms with Gasteiger partial charge in [-0.25, -0.2) is 0 Å². The number of benzene rings is 1. The number of amides is 2. The fourth-order valence-corrected chi connectivity index (χ4v) is 2.12. The highest BCUT2D eigenvalue weighted by Gasteiger charge is 2.15. The maximum Gasteiger partial charge on any atom is 0.258 e. The zero-order valence-electron chi connectivity index (χ0n) is 13.6. The Bertz CT molecular complexity index is 671. The fraction of sp³-hybridized carbons (Fsp3) is 0.294. The molecule has 1 heterocycles. The summed E-state index contributed by atoms with van der Waals surface area (Å²) in [7, 11) is 0. The summed E-state index contributed by atoms with van der Waals surface area (Å²) in [6.45, 7) is 4.03. The van der Waals surface area contributed by atoms with Crippen LogP contribution in [0.1, 0.15) is 30.6 Å². The molecule has 0 spiro atoms. The van der Waals surface area contributed by atoms with Crippen molar-refractivity contribution in [2.24, 2.45) is 11.7 Å². The lowest BCUT2D eigenvalue weighted by molar-refractivity contribution is -0.117. The van der Waals surface area contributed by atoms with Gasteiger partial charge in [-0.05, 0) is 36.6 Å². The summed E-state index contributed by atoms with van der Waals surface area (Å²) in [5.74, 6) is -0.174. The molecule has 0 saturated carbocycles. The molecule has 0 aliphatic carbocycles. The molecule has 130 valence electrons. The predicted molar refractivity (Wildman–Crippen MR) is 96.4 cm³/mol. The molecule has 7 heteroatoms. The largest absolute Gasteiger partial charge is 0.472 e. The normalized spacial score (nSPS) is 11.5. The standard InChI is InChI=1S/C17H21N3O3.ClH/c1-11(2)8-15(18)17(22)20-14-5-3-4-13(9-14)19-16(21)12-6-7-23-10-12;/h3-7,9-11,15H,8,18H2,1-2H3,(H,19,21)(H,20,22);1H/t15-;/m0./s1. The molecule has 0 aliphatic heterocycles. The average molecular weight is 352 g/mol. The highest BCUT2D eigenvalue weighted by molar-refractivity contribution is 6.04. The Balaban J connectivity index is 0.00000288. The number of furan rings is 1. The third kappa shape index (κ3) is 5.72. The Morgan fingerprint density at radius 2 is 1.83 bits per heavy atom. The van der Waals surface area contributed by atoms with E-state index in [1.165, 1.54) is 12.5 Å². The van der Waals surface area contributed by atoms with Crippen LogP contribution in [-0.4, -0.2) is 17.9 Å². The molecule has 2 amide bonds. The Labute approximate surface area is 147 Å². The van der Waals surface area contributed by atoms with Crippen LogP contribution in [0, 0.1) is 5.92 Å². The summed E-state index contributed by atoms with van der Waals surface area (Å²) in [6.07, 6.45) is 3.41. The summed E-state index contributed by atoms with van der Waals surface area (Å²) in [4.78, 5) is 24.0. The van der Waals surface area contributed by atoms with E-state index in [9.17, 15) is 9.59 Å². The van der Waals surface area contributed by atoms with Gasteiger partial charge in [0.2, 0.25) is 5.91 Å². The van der Waals surface area contributed by atoms with Crippen LogP contribution in [0.2, 0.25) is 0 Å². The van der Waals surface area contributed by atoms with E-state index in [2.05, 4.69) is 10.6 Å². The molecule has 0 aliphatic rings. The Kier molecular flexibility index (Phi) is 7.48. The lowest BCUT2D eigenvalue weighted by Crippen LogP contribution is -2.36. The lowest BCUT2D eigenvalue weighted by Gasteiger charge is -2.14. The van der Waals surface area contributed by atoms with E-state index in [-0.39, 0.29) is 24.2 Å². The second-order valence-corrected chi connectivity index (χ2v) is 5.77. The van der Waals surface area contributed by atoms with Gasteiger partial charge in [0.25, 0.3) is 5.91 Å². The molecule has 2 aromatic rings. The van der Waals surface area contributed by atoms with Crippen molar-refractivity contribution in [1.82, 2.24) is 0 Å². The van der Waals surface area contributed by atoms with Gasteiger partial charge in [-0.2, -0.15) is 0 Å². The number of nitrogens with two attached hydrogens (primary N) is 1. The number of hydrogen-bond donors (Lipinski definition) is 3. The third-order valence-electron chi connectivity index (χ3n) is 3.23. The summed E-state index contributed by atoms with van der Waals surface area (Å²) in [5.41, 5.74) is 7.44. The molecule has 4 N–H and O–H groups in total. The van der Waals surface area contributed by atoms with E-state index in [1.54, 1.807) is 30.3 Å². The van der Waals surface area contributed by atoms with Crippen LogP contribution in [0.25, 0.3) is 0 Å². The molecule has 0 radical (unpaired) electrons. The lowest BCUT2D eigenvalue weighted by atomic mass is 10.0. The van der Waals surface area contributed by atoms with E-state index >= 15 is 0 Å². The van der Waals surface area contributed by atoms with E-state index in [1.807, 2.05) is 13.8 Å². The van der Waals surface area contributed by atoms with Crippen LogP contribution >= 0.6 is 12.4 Å². The van der Waals surface area contributed by atoms with Crippen molar-refractivity contribution in [1.29, 1.82) is 0 Å². The van der Waals surface area contributed by atoms with Crippen LogP contribution in [0.3, 0.4) is 0 Å². The Morgan fingerprint density at radius 3 is 2.42 bits per heavy atom. The van der Waals surface area contributed by atoms with Crippen molar-refractivity contribution in [3.63, 3.8) is 0 Å². The second-order valence-electron chi connectivity index (χ2n) is 5.77. The first kappa shape index (κ1) is 19.7. The first-order valence-electron chi connectivity index (χ1n) is 7.45. The van der Waals surface area contributed by atoms with Crippen LogP contribution in [-0.2, 0) is 4.79 Å². The van der Waals surface area contributed by atoms with Crippen molar-refractivity contribution in [2.45, 2.75) is 26.3 Å². The van der Waals surface area contributed by atoms with Crippen molar-refractivity contribution >= 4 is 35.6 Å². The minimum absolute atomic E-state index is 0. The SMILES string of the molecule is CC(C)C[C@H](N)C(=O)Nc1cccc(NC(=O)c2ccoc2)c1.Cl. The number of anilines is 2.